The quantitative estimate of drug-likeness (QED) is 0.673. The lowest BCUT2D eigenvalue weighted by atomic mass is 10.00. The van der Waals surface area contributed by atoms with Gasteiger partial charge < -0.3 is 5.11 Å². The van der Waals surface area contributed by atoms with E-state index in [0.29, 0.717) is 12.4 Å². The van der Waals surface area contributed by atoms with Crippen LogP contribution in [-0.2, 0) is 0 Å². The zero-order valence-electron chi connectivity index (χ0n) is 8.47. The van der Waals surface area contributed by atoms with Gasteiger partial charge in [-0.15, -0.1) is 11.6 Å². The molecular formula is C9H20ClNO. The number of hydrogen-bond acceptors (Lipinski definition) is 2. The molecule has 0 aliphatic rings. The first-order chi connectivity index (χ1) is 5.44. The van der Waals surface area contributed by atoms with Crippen molar-refractivity contribution in [3.63, 3.8) is 0 Å². The Labute approximate surface area is 80.5 Å². The van der Waals surface area contributed by atoms with Crippen molar-refractivity contribution in [3.8, 4) is 0 Å². The second-order valence-corrected chi connectivity index (χ2v) is 4.16. The number of halogens is 1. The molecular weight excluding hydrogens is 174 g/mol. The van der Waals surface area contributed by atoms with Crippen molar-refractivity contribution < 1.29 is 5.11 Å². The van der Waals surface area contributed by atoms with E-state index in [1.165, 1.54) is 0 Å². The molecule has 0 aliphatic heterocycles. The van der Waals surface area contributed by atoms with E-state index in [-0.39, 0.29) is 5.54 Å². The molecule has 0 amide bonds. The Morgan fingerprint density at radius 2 is 2.00 bits per heavy atom. The van der Waals surface area contributed by atoms with Gasteiger partial charge in [0.25, 0.3) is 0 Å². The van der Waals surface area contributed by atoms with Gasteiger partial charge in [-0.3, -0.25) is 4.90 Å². The Hall–Kier alpha value is 0.210. The van der Waals surface area contributed by atoms with E-state index in [2.05, 4.69) is 25.7 Å². The smallest absolute Gasteiger partial charge is 0.0802 e. The fourth-order valence-corrected chi connectivity index (χ4v) is 0.980. The van der Waals surface area contributed by atoms with Crippen LogP contribution in [0.25, 0.3) is 0 Å². The fraction of sp³-hybridized carbons (Fsp3) is 1.00. The van der Waals surface area contributed by atoms with Crippen LogP contribution >= 0.6 is 11.6 Å². The van der Waals surface area contributed by atoms with Gasteiger partial charge in [-0.1, -0.05) is 6.92 Å². The topological polar surface area (TPSA) is 23.5 Å². The molecule has 0 aliphatic carbocycles. The third-order valence-electron chi connectivity index (χ3n) is 2.56. The molecule has 74 valence electrons. The average Bonchev–Trinajstić information content (AvgIpc) is 2.04. The van der Waals surface area contributed by atoms with Crippen LogP contribution in [0.2, 0.25) is 0 Å². The van der Waals surface area contributed by atoms with Gasteiger partial charge in [-0.05, 0) is 27.3 Å². The summed E-state index contributed by atoms with van der Waals surface area (Å²) in [6.45, 7) is 7.11. The predicted molar refractivity (Wildman–Crippen MR) is 53.7 cm³/mol. The largest absolute Gasteiger partial charge is 0.391 e. The van der Waals surface area contributed by atoms with Gasteiger partial charge >= 0.3 is 0 Å². The summed E-state index contributed by atoms with van der Waals surface area (Å²) in [6, 6.07) is 0. The fourth-order valence-electron chi connectivity index (χ4n) is 0.882. The Balaban J connectivity index is 3.93. The van der Waals surface area contributed by atoms with E-state index in [1.807, 2.05) is 7.05 Å². The van der Waals surface area contributed by atoms with Crippen LogP contribution in [0.4, 0.5) is 0 Å². The van der Waals surface area contributed by atoms with Crippen LogP contribution in [0, 0.1) is 0 Å². The highest BCUT2D eigenvalue weighted by Crippen LogP contribution is 2.16. The standard InChI is InChI=1S/C9H20ClNO/c1-5-9(2,3)11(4)7-8(12)6-10/h8,12H,5-7H2,1-4H3. The van der Waals surface area contributed by atoms with Crippen LogP contribution in [-0.4, -0.2) is 41.1 Å². The molecule has 0 spiro atoms. The molecule has 1 atom stereocenters. The zero-order chi connectivity index (χ0) is 9.78. The van der Waals surface area contributed by atoms with Crippen molar-refractivity contribution in [3.05, 3.63) is 0 Å². The highest BCUT2D eigenvalue weighted by Gasteiger charge is 2.22. The van der Waals surface area contributed by atoms with Gasteiger partial charge in [0.05, 0.1) is 6.10 Å². The van der Waals surface area contributed by atoms with Crippen molar-refractivity contribution in [2.45, 2.75) is 38.8 Å². The number of β-amino-alcohol motifs (C(OH)–C–C–N with tert-alkyl or cyclic N) is 1. The lowest BCUT2D eigenvalue weighted by Crippen LogP contribution is -2.44. The number of hydrogen-bond donors (Lipinski definition) is 1. The summed E-state index contributed by atoms with van der Waals surface area (Å²) < 4.78 is 0. The first kappa shape index (κ1) is 12.2. The Bertz CT molecular complexity index is 128. The lowest BCUT2D eigenvalue weighted by Gasteiger charge is -2.35. The number of aliphatic hydroxyl groups is 1. The van der Waals surface area contributed by atoms with Crippen LogP contribution in [0.3, 0.4) is 0 Å². The molecule has 0 aromatic carbocycles. The maximum atomic E-state index is 9.31. The number of alkyl halides is 1. The molecule has 0 bridgehead atoms. The summed E-state index contributed by atoms with van der Waals surface area (Å²) in [4.78, 5) is 2.14. The number of aliphatic hydroxyl groups excluding tert-OH is 1. The van der Waals surface area contributed by atoms with E-state index in [9.17, 15) is 5.11 Å². The van der Waals surface area contributed by atoms with E-state index in [0.717, 1.165) is 6.42 Å². The van der Waals surface area contributed by atoms with Crippen molar-refractivity contribution in [1.82, 2.24) is 4.90 Å². The number of likely N-dealkylation sites (N-methyl/N-ethyl adjacent to an activating group) is 1. The third kappa shape index (κ3) is 3.74. The molecule has 0 fully saturated rings. The normalized spacial score (nSPS) is 15.2. The average molecular weight is 194 g/mol. The third-order valence-corrected chi connectivity index (χ3v) is 2.92. The first-order valence-electron chi connectivity index (χ1n) is 4.39. The molecule has 1 unspecified atom stereocenters. The Morgan fingerprint density at radius 3 is 2.33 bits per heavy atom. The molecule has 0 saturated heterocycles. The molecule has 3 heteroatoms. The number of nitrogens with zero attached hydrogens (tertiary/aromatic N) is 1. The second kappa shape index (κ2) is 5.05. The van der Waals surface area contributed by atoms with Gasteiger partial charge in [0.1, 0.15) is 0 Å². The minimum Gasteiger partial charge on any atom is -0.391 e. The van der Waals surface area contributed by atoms with Gasteiger partial charge in [-0.25, -0.2) is 0 Å². The van der Waals surface area contributed by atoms with Gasteiger partial charge in [0, 0.05) is 18.0 Å². The van der Waals surface area contributed by atoms with Crippen LogP contribution in [0.1, 0.15) is 27.2 Å². The number of rotatable bonds is 5. The van der Waals surface area contributed by atoms with Crippen molar-refractivity contribution >= 4 is 11.6 Å². The first-order valence-corrected chi connectivity index (χ1v) is 4.92. The summed E-state index contributed by atoms with van der Waals surface area (Å²) in [5.74, 6) is 0.310. The highest BCUT2D eigenvalue weighted by molar-refractivity contribution is 6.18. The Morgan fingerprint density at radius 1 is 1.50 bits per heavy atom. The van der Waals surface area contributed by atoms with Crippen molar-refractivity contribution in [2.24, 2.45) is 0 Å². The molecule has 0 radical (unpaired) electrons. The van der Waals surface area contributed by atoms with Crippen LogP contribution in [0.5, 0.6) is 0 Å². The van der Waals surface area contributed by atoms with Crippen molar-refractivity contribution in [2.75, 3.05) is 19.5 Å². The van der Waals surface area contributed by atoms with E-state index < -0.39 is 6.10 Å². The maximum Gasteiger partial charge on any atom is 0.0802 e. The minimum absolute atomic E-state index is 0.146. The lowest BCUT2D eigenvalue weighted by molar-refractivity contribution is 0.0797. The van der Waals surface area contributed by atoms with Crippen LogP contribution in [0.15, 0.2) is 0 Å². The van der Waals surface area contributed by atoms with Crippen LogP contribution < -0.4 is 0 Å². The minimum atomic E-state index is -0.414. The van der Waals surface area contributed by atoms with E-state index in [1.54, 1.807) is 0 Å². The molecule has 0 heterocycles. The molecule has 0 aromatic heterocycles. The SMILES string of the molecule is CCC(C)(C)N(C)CC(O)CCl. The summed E-state index contributed by atoms with van der Waals surface area (Å²) in [6.07, 6.45) is 0.654. The molecule has 1 N–H and O–H groups in total. The van der Waals surface area contributed by atoms with Gasteiger partial charge in [0.2, 0.25) is 0 Å². The molecule has 12 heavy (non-hydrogen) atoms. The second-order valence-electron chi connectivity index (χ2n) is 3.85. The molecule has 2 nitrogen and oxygen atoms in total. The summed E-state index contributed by atoms with van der Waals surface area (Å²) in [7, 11) is 2.01. The summed E-state index contributed by atoms with van der Waals surface area (Å²) >= 11 is 5.51. The Kier molecular flexibility index (Phi) is 5.14. The highest BCUT2D eigenvalue weighted by atomic mass is 35.5. The van der Waals surface area contributed by atoms with Gasteiger partial charge in [0.15, 0.2) is 0 Å². The van der Waals surface area contributed by atoms with E-state index in [4.69, 9.17) is 11.6 Å². The maximum absolute atomic E-state index is 9.31. The van der Waals surface area contributed by atoms with E-state index >= 15 is 0 Å². The van der Waals surface area contributed by atoms with Gasteiger partial charge in [-0.2, -0.15) is 0 Å². The monoisotopic (exact) mass is 193 g/mol. The van der Waals surface area contributed by atoms with Crippen molar-refractivity contribution in [1.29, 1.82) is 0 Å². The zero-order valence-corrected chi connectivity index (χ0v) is 9.23. The predicted octanol–water partition coefficient (Wildman–Crippen LogP) is 1.71. The molecule has 0 saturated carbocycles. The summed E-state index contributed by atoms with van der Waals surface area (Å²) in [5.41, 5.74) is 0.146. The molecule has 0 aromatic rings. The molecule has 0 rings (SSSR count). The summed E-state index contributed by atoms with van der Waals surface area (Å²) in [5, 5.41) is 9.31.